The van der Waals surface area contributed by atoms with Gasteiger partial charge in [0, 0.05) is 25.0 Å². The van der Waals surface area contributed by atoms with Crippen LogP contribution in [0.2, 0.25) is 0 Å². The highest BCUT2D eigenvalue weighted by atomic mass is 16.6. The van der Waals surface area contributed by atoms with E-state index in [0.717, 1.165) is 11.1 Å². The number of amides is 1. The van der Waals surface area contributed by atoms with Gasteiger partial charge in [0.1, 0.15) is 5.75 Å². The van der Waals surface area contributed by atoms with Crippen LogP contribution in [0, 0.1) is 0 Å². The zero-order valence-corrected chi connectivity index (χ0v) is 14.7. The van der Waals surface area contributed by atoms with E-state index in [1.54, 1.807) is 37.5 Å². The summed E-state index contributed by atoms with van der Waals surface area (Å²) in [5.41, 5.74) is 1.94. The van der Waals surface area contributed by atoms with Crippen LogP contribution in [0.5, 0.6) is 5.75 Å². The number of hydrogen-bond donors (Lipinski definition) is 1. The molecule has 0 saturated carbocycles. The van der Waals surface area contributed by atoms with Crippen LogP contribution >= 0.6 is 0 Å². The van der Waals surface area contributed by atoms with Crippen LogP contribution < -0.4 is 10.1 Å². The normalized spacial score (nSPS) is 10.5. The summed E-state index contributed by atoms with van der Waals surface area (Å²) in [7, 11) is 0. The summed E-state index contributed by atoms with van der Waals surface area (Å²) in [6, 6.07) is 11.1. The van der Waals surface area contributed by atoms with Crippen molar-refractivity contribution in [1.82, 2.24) is 10.3 Å². The second-order valence-electron chi connectivity index (χ2n) is 5.40. The Kier molecular flexibility index (Phi) is 7.86. The molecule has 1 heterocycles. The lowest BCUT2D eigenvalue weighted by molar-refractivity contribution is -0.145. The number of carbonyl (C=O) groups excluding carboxylic acids is 2. The summed E-state index contributed by atoms with van der Waals surface area (Å²) in [4.78, 5) is 27.0. The molecule has 0 spiro atoms. The Balaban J connectivity index is 1.70. The fourth-order valence-electron chi connectivity index (χ4n) is 2.13. The van der Waals surface area contributed by atoms with E-state index in [0.29, 0.717) is 25.3 Å². The summed E-state index contributed by atoms with van der Waals surface area (Å²) >= 11 is 0. The Bertz CT molecular complexity index is 727. The molecule has 0 aliphatic carbocycles. The minimum Gasteiger partial charge on any atom is -0.482 e. The number of nitrogens with zero attached hydrogens (tertiary/aromatic N) is 1. The van der Waals surface area contributed by atoms with E-state index >= 15 is 0 Å². The van der Waals surface area contributed by atoms with Crippen molar-refractivity contribution >= 4 is 18.0 Å². The molecule has 6 heteroatoms. The predicted octanol–water partition coefficient (Wildman–Crippen LogP) is 2.40. The third kappa shape index (κ3) is 7.17. The summed E-state index contributed by atoms with van der Waals surface area (Å²) in [5.74, 6) is 0.0621. The van der Waals surface area contributed by atoms with Crippen molar-refractivity contribution < 1.29 is 19.1 Å². The molecule has 1 aromatic heterocycles. The van der Waals surface area contributed by atoms with Gasteiger partial charge in [-0.3, -0.25) is 9.78 Å². The van der Waals surface area contributed by atoms with E-state index in [1.807, 2.05) is 24.3 Å². The molecule has 0 aliphatic rings. The van der Waals surface area contributed by atoms with Crippen LogP contribution in [-0.2, 0) is 20.7 Å². The molecule has 1 aromatic carbocycles. The van der Waals surface area contributed by atoms with Crippen molar-refractivity contribution in [3.63, 3.8) is 0 Å². The molecule has 6 nitrogen and oxygen atoms in total. The first-order chi connectivity index (χ1) is 12.7. The van der Waals surface area contributed by atoms with E-state index in [4.69, 9.17) is 9.47 Å². The number of benzene rings is 1. The molecule has 136 valence electrons. The van der Waals surface area contributed by atoms with Crippen LogP contribution in [0.1, 0.15) is 18.1 Å². The quantitative estimate of drug-likeness (QED) is 0.553. The molecule has 2 aromatic rings. The molecule has 26 heavy (non-hydrogen) atoms. The monoisotopic (exact) mass is 354 g/mol. The molecule has 1 amide bonds. The molecular formula is C20H22N2O4. The van der Waals surface area contributed by atoms with Gasteiger partial charge in [0.2, 0.25) is 5.91 Å². The maximum absolute atomic E-state index is 11.8. The Morgan fingerprint density at radius 2 is 2.00 bits per heavy atom. The smallest absolute Gasteiger partial charge is 0.344 e. The number of carbonyl (C=O) groups is 2. The number of pyridine rings is 1. The molecule has 0 fully saturated rings. The molecular weight excluding hydrogens is 332 g/mol. The minimum absolute atomic E-state index is 0.105. The van der Waals surface area contributed by atoms with Gasteiger partial charge in [0.05, 0.1) is 6.61 Å². The zero-order valence-electron chi connectivity index (χ0n) is 14.7. The average Bonchev–Trinajstić information content (AvgIpc) is 2.67. The van der Waals surface area contributed by atoms with Crippen LogP contribution in [0.25, 0.3) is 6.08 Å². The van der Waals surface area contributed by atoms with Gasteiger partial charge in [-0.25, -0.2) is 4.79 Å². The third-order valence-corrected chi connectivity index (χ3v) is 3.41. The Hall–Kier alpha value is -3.15. The first kappa shape index (κ1) is 19.2. The lowest BCUT2D eigenvalue weighted by atomic mass is 10.1. The first-order valence-corrected chi connectivity index (χ1v) is 8.40. The highest BCUT2D eigenvalue weighted by Gasteiger charge is 2.03. The van der Waals surface area contributed by atoms with Gasteiger partial charge in [0.25, 0.3) is 0 Å². The maximum Gasteiger partial charge on any atom is 0.344 e. The van der Waals surface area contributed by atoms with Gasteiger partial charge in [-0.1, -0.05) is 18.2 Å². The van der Waals surface area contributed by atoms with Crippen LogP contribution in [-0.4, -0.2) is 36.6 Å². The molecule has 0 unspecified atom stereocenters. The Morgan fingerprint density at radius 1 is 1.19 bits per heavy atom. The fourth-order valence-corrected chi connectivity index (χ4v) is 2.13. The van der Waals surface area contributed by atoms with E-state index in [2.05, 4.69) is 10.3 Å². The van der Waals surface area contributed by atoms with Crippen molar-refractivity contribution in [2.24, 2.45) is 0 Å². The second kappa shape index (κ2) is 10.7. The van der Waals surface area contributed by atoms with Crippen LogP contribution in [0.4, 0.5) is 0 Å². The molecule has 2 rings (SSSR count). The fraction of sp³-hybridized carbons (Fsp3) is 0.250. The minimum atomic E-state index is -0.390. The van der Waals surface area contributed by atoms with Crippen molar-refractivity contribution in [1.29, 1.82) is 0 Å². The molecule has 1 N–H and O–H groups in total. The number of aromatic nitrogens is 1. The Morgan fingerprint density at radius 3 is 2.69 bits per heavy atom. The van der Waals surface area contributed by atoms with E-state index in [-0.39, 0.29) is 12.5 Å². The molecule has 0 radical (unpaired) electrons. The largest absolute Gasteiger partial charge is 0.482 e. The Labute approximate surface area is 152 Å². The zero-order chi connectivity index (χ0) is 18.6. The molecule has 0 saturated heterocycles. The topological polar surface area (TPSA) is 77.5 Å². The summed E-state index contributed by atoms with van der Waals surface area (Å²) in [6.45, 7) is 2.51. The van der Waals surface area contributed by atoms with Gasteiger partial charge in [-0.15, -0.1) is 0 Å². The van der Waals surface area contributed by atoms with Crippen LogP contribution in [0.15, 0.2) is 54.9 Å². The number of esters is 1. The van der Waals surface area contributed by atoms with Crippen LogP contribution in [0.3, 0.4) is 0 Å². The standard InChI is InChI=1S/C20H22N2O4/c1-2-25-20(24)15-26-18-8-5-16(6-9-18)11-13-22-19(23)10-7-17-4-3-12-21-14-17/h3-10,12,14H,2,11,13,15H2,1H3,(H,22,23)/b10-7+. The van der Waals surface area contributed by atoms with Gasteiger partial charge in [-0.2, -0.15) is 0 Å². The summed E-state index contributed by atoms with van der Waals surface area (Å²) < 4.78 is 10.1. The lowest BCUT2D eigenvalue weighted by Gasteiger charge is -2.07. The second-order valence-corrected chi connectivity index (χ2v) is 5.40. The van der Waals surface area contributed by atoms with Crippen molar-refractivity contribution in [2.75, 3.05) is 19.8 Å². The average molecular weight is 354 g/mol. The molecule has 0 atom stereocenters. The number of rotatable bonds is 9. The van der Waals surface area contributed by atoms with Gasteiger partial charge >= 0.3 is 5.97 Å². The SMILES string of the molecule is CCOC(=O)COc1ccc(CCNC(=O)/C=C/c2cccnc2)cc1. The lowest BCUT2D eigenvalue weighted by Crippen LogP contribution is -2.23. The molecule has 0 aliphatic heterocycles. The summed E-state index contributed by atoms with van der Waals surface area (Å²) in [5, 5.41) is 2.83. The number of ether oxygens (including phenoxy) is 2. The van der Waals surface area contributed by atoms with E-state index in [1.165, 1.54) is 6.08 Å². The predicted molar refractivity (Wildman–Crippen MR) is 98.6 cm³/mol. The summed E-state index contributed by atoms with van der Waals surface area (Å²) in [6.07, 6.45) is 7.28. The van der Waals surface area contributed by atoms with Gasteiger partial charge in [0.15, 0.2) is 6.61 Å². The van der Waals surface area contributed by atoms with E-state index in [9.17, 15) is 9.59 Å². The van der Waals surface area contributed by atoms with Gasteiger partial charge < -0.3 is 14.8 Å². The van der Waals surface area contributed by atoms with E-state index < -0.39 is 5.97 Å². The third-order valence-electron chi connectivity index (χ3n) is 3.41. The van der Waals surface area contributed by atoms with Crippen molar-refractivity contribution in [2.45, 2.75) is 13.3 Å². The highest BCUT2D eigenvalue weighted by molar-refractivity contribution is 5.91. The highest BCUT2D eigenvalue weighted by Crippen LogP contribution is 2.12. The first-order valence-electron chi connectivity index (χ1n) is 8.40. The number of nitrogens with one attached hydrogen (secondary N) is 1. The van der Waals surface area contributed by atoms with Crippen molar-refractivity contribution in [3.8, 4) is 5.75 Å². The van der Waals surface area contributed by atoms with Gasteiger partial charge in [-0.05, 0) is 48.7 Å². The maximum atomic E-state index is 11.8. The van der Waals surface area contributed by atoms with Crippen molar-refractivity contribution in [3.05, 3.63) is 66.0 Å². The number of hydrogen-bond acceptors (Lipinski definition) is 5. The molecule has 0 bridgehead atoms.